The van der Waals surface area contributed by atoms with Gasteiger partial charge in [0.1, 0.15) is 5.75 Å². The number of benzene rings is 2. The summed E-state index contributed by atoms with van der Waals surface area (Å²) >= 11 is 3.41. The summed E-state index contributed by atoms with van der Waals surface area (Å²) < 4.78 is 6.40. The number of hydrogen-bond acceptors (Lipinski definition) is 4. The first-order valence-corrected chi connectivity index (χ1v) is 9.11. The molecule has 0 aromatic heterocycles. The number of ether oxygens (including phenoxy) is 1. The number of nitrogens with zero attached hydrogens (tertiary/aromatic N) is 2. The maximum atomic E-state index is 12.2. The summed E-state index contributed by atoms with van der Waals surface area (Å²) in [7, 11) is 1.70. The average molecular weight is 404 g/mol. The van der Waals surface area contributed by atoms with Gasteiger partial charge in [-0.1, -0.05) is 34.1 Å². The lowest BCUT2D eigenvalue weighted by molar-refractivity contribution is -0.117. The molecule has 1 amide bonds. The van der Waals surface area contributed by atoms with Crippen LogP contribution in [0.15, 0.2) is 53.0 Å². The minimum atomic E-state index is 0.0174. The Bertz CT molecular complexity index is 730. The van der Waals surface area contributed by atoms with Crippen molar-refractivity contribution < 1.29 is 9.53 Å². The minimum absolute atomic E-state index is 0.0174. The van der Waals surface area contributed by atoms with Crippen molar-refractivity contribution in [3.63, 3.8) is 0 Å². The largest absolute Gasteiger partial charge is 0.495 e. The molecule has 0 spiro atoms. The molecule has 1 heterocycles. The highest BCUT2D eigenvalue weighted by Gasteiger charge is 2.21. The normalized spacial score (nSPS) is 15.0. The lowest BCUT2D eigenvalue weighted by Gasteiger charge is -2.36. The molecule has 5 nitrogen and oxygen atoms in total. The first kappa shape index (κ1) is 17.8. The van der Waals surface area contributed by atoms with Crippen molar-refractivity contribution in [2.45, 2.75) is 0 Å². The van der Waals surface area contributed by atoms with Crippen molar-refractivity contribution in [3.05, 3.63) is 53.0 Å². The van der Waals surface area contributed by atoms with Crippen LogP contribution >= 0.6 is 15.9 Å². The van der Waals surface area contributed by atoms with Gasteiger partial charge in [0, 0.05) is 36.3 Å². The summed E-state index contributed by atoms with van der Waals surface area (Å²) in [6.07, 6.45) is 0. The van der Waals surface area contributed by atoms with Crippen LogP contribution in [0.5, 0.6) is 5.75 Å². The van der Waals surface area contributed by atoms with Gasteiger partial charge in [-0.3, -0.25) is 9.69 Å². The maximum Gasteiger partial charge on any atom is 0.238 e. The molecule has 0 atom stereocenters. The smallest absolute Gasteiger partial charge is 0.238 e. The van der Waals surface area contributed by atoms with Gasteiger partial charge in [-0.15, -0.1) is 0 Å². The van der Waals surface area contributed by atoms with Crippen molar-refractivity contribution >= 4 is 33.2 Å². The van der Waals surface area contributed by atoms with Crippen LogP contribution in [0.3, 0.4) is 0 Å². The second kappa shape index (κ2) is 8.36. The third-order valence-corrected chi connectivity index (χ3v) is 4.77. The number of para-hydroxylation sites is 2. The first-order chi connectivity index (χ1) is 12.2. The van der Waals surface area contributed by atoms with Gasteiger partial charge in [-0.25, -0.2) is 0 Å². The molecule has 132 valence electrons. The number of carbonyl (C=O) groups is 1. The molecule has 0 bridgehead atoms. The summed E-state index contributed by atoms with van der Waals surface area (Å²) in [6.45, 7) is 3.87. The van der Waals surface area contributed by atoms with Crippen LogP contribution in [0.25, 0.3) is 0 Å². The number of halogens is 1. The summed E-state index contributed by atoms with van der Waals surface area (Å²) in [6, 6.07) is 15.7. The van der Waals surface area contributed by atoms with Crippen LogP contribution < -0.4 is 15.0 Å². The van der Waals surface area contributed by atoms with Crippen molar-refractivity contribution in [2.75, 3.05) is 50.1 Å². The number of amides is 1. The Morgan fingerprint density at radius 1 is 1.12 bits per heavy atom. The third-order valence-electron chi connectivity index (χ3n) is 4.27. The van der Waals surface area contributed by atoms with Crippen molar-refractivity contribution in [1.29, 1.82) is 0 Å². The predicted octanol–water partition coefficient (Wildman–Crippen LogP) is 3.22. The fourth-order valence-electron chi connectivity index (χ4n) is 3.01. The molecule has 25 heavy (non-hydrogen) atoms. The molecule has 1 N–H and O–H groups in total. The van der Waals surface area contributed by atoms with Crippen LogP contribution in [0.4, 0.5) is 11.4 Å². The van der Waals surface area contributed by atoms with E-state index >= 15 is 0 Å². The second-order valence-electron chi connectivity index (χ2n) is 5.99. The zero-order valence-electron chi connectivity index (χ0n) is 14.2. The predicted molar refractivity (Wildman–Crippen MR) is 104 cm³/mol. The quantitative estimate of drug-likeness (QED) is 0.832. The van der Waals surface area contributed by atoms with E-state index in [0.29, 0.717) is 6.54 Å². The van der Waals surface area contributed by atoms with Gasteiger partial charge in [0.2, 0.25) is 5.91 Å². The van der Waals surface area contributed by atoms with Crippen LogP contribution in [0.2, 0.25) is 0 Å². The van der Waals surface area contributed by atoms with Gasteiger partial charge in [0.05, 0.1) is 19.3 Å². The van der Waals surface area contributed by atoms with E-state index in [4.69, 9.17) is 4.74 Å². The van der Waals surface area contributed by atoms with E-state index in [0.717, 1.165) is 47.8 Å². The Kier molecular flexibility index (Phi) is 5.94. The molecule has 2 aromatic rings. The monoisotopic (exact) mass is 403 g/mol. The molecule has 2 aromatic carbocycles. The number of carbonyl (C=O) groups excluding carboxylic acids is 1. The molecule has 0 aliphatic carbocycles. The van der Waals surface area contributed by atoms with Crippen molar-refractivity contribution in [2.24, 2.45) is 0 Å². The molecule has 6 heteroatoms. The molecule has 3 rings (SSSR count). The van der Waals surface area contributed by atoms with Crippen LogP contribution in [-0.2, 0) is 4.79 Å². The Morgan fingerprint density at radius 3 is 2.60 bits per heavy atom. The summed E-state index contributed by atoms with van der Waals surface area (Å²) in [5.41, 5.74) is 1.93. The van der Waals surface area contributed by atoms with E-state index in [1.165, 1.54) is 0 Å². The van der Waals surface area contributed by atoms with E-state index in [1.54, 1.807) is 7.11 Å². The molecule has 1 fully saturated rings. The molecule has 1 aliphatic rings. The fourth-order valence-corrected chi connectivity index (χ4v) is 3.41. The van der Waals surface area contributed by atoms with Crippen LogP contribution in [0.1, 0.15) is 0 Å². The van der Waals surface area contributed by atoms with Crippen molar-refractivity contribution in [1.82, 2.24) is 4.90 Å². The van der Waals surface area contributed by atoms with Crippen molar-refractivity contribution in [3.8, 4) is 5.75 Å². The number of piperazine rings is 1. The second-order valence-corrected chi connectivity index (χ2v) is 6.91. The Morgan fingerprint density at radius 2 is 1.88 bits per heavy atom. The number of nitrogens with one attached hydrogen (secondary N) is 1. The number of anilines is 2. The highest BCUT2D eigenvalue weighted by Crippen LogP contribution is 2.28. The minimum Gasteiger partial charge on any atom is -0.495 e. The van der Waals surface area contributed by atoms with Gasteiger partial charge < -0.3 is 15.0 Å². The van der Waals surface area contributed by atoms with Gasteiger partial charge in [0.25, 0.3) is 0 Å². The summed E-state index contributed by atoms with van der Waals surface area (Å²) in [4.78, 5) is 16.7. The highest BCUT2D eigenvalue weighted by molar-refractivity contribution is 9.10. The van der Waals surface area contributed by atoms with E-state index in [1.807, 2.05) is 42.5 Å². The van der Waals surface area contributed by atoms with Gasteiger partial charge >= 0.3 is 0 Å². The lowest BCUT2D eigenvalue weighted by Crippen LogP contribution is -2.48. The highest BCUT2D eigenvalue weighted by atomic mass is 79.9. The summed E-state index contributed by atoms with van der Waals surface area (Å²) in [5.74, 6) is 0.909. The Balaban J connectivity index is 1.51. The average Bonchev–Trinajstić information content (AvgIpc) is 2.62. The number of rotatable bonds is 5. The zero-order valence-corrected chi connectivity index (χ0v) is 15.8. The number of methoxy groups -OCH3 is 1. The molecular weight excluding hydrogens is 382 g/mol. The Hall–Kier alpha value is -2.05. The topological polar surface area (TPSA) is 44.8 Å². The van der Waals surface area contributed by atoms with E-state index in [2.05, 4.69) is 37.1 Å². The zero-order chi connectivity index (χ0) is 17.6. The Labute approximate surface area is 156 Å². The molecular formula is C19H22BrN3O2. The van der Waals surface area contributed by atoms with Crippen LogP contribution in [0, 0.1) is 0 Å². The fraction of sp³-hybridized carbons (Fsp3) is 0.316. The summed E-state index contributed by atoms with van der Waals surface area (Å²) in [5, 5.41) is 2.95. The molecule has 0 saturated carbocycles. The number of hydrogen-bond donors (Lipinski definition) is 1. The van der Waals surface area contributed by atoms with E-state index in [9.17, 15) is 4.79 Å². The maximum absolute atomic E-state index is 12.2. The third kappa shape index (κ3) is 4.74. The molecule has 0 radical (unpaired) electrons. The molecule has 1 saturated heterocycles. The SMILES string of the molecule is COc1ccccc1N1CCN(CC(=O)Nc2cccc(Br)c2)CC1. The van der Waals surface area contributed by atoms with Gasteiger partial charge in [-0.2, -0.15) is 0 Å². The van der Waals surface area contributed by atoms with E-state index < -0.39 is 0 Å². The van der Waals surface area contributed by atoms with Gasteiger partial charge in [-0.05, 0) is 30.3 Å². The van der Waals surface area contributed by atoms with Crippen LogP contribution in [-0.4, -0.2) is 50.6 Å². The lowest BCUT2D eigenvalue weighted by atomic mass is 10.2. The van der Waals surface area contributed by atoms with E-state index in [-0.39, 0.29) is 5.91 Å². The van der Waals surface area contributed by atoms with Gasteiger partial charge in [0.15, 0.2) is 0 Å². The standard InChI is InChI=1S/C19H22BrN3O2/c1-25-18-8-3-2-7-17(18)23-11-9-22(10-12-23)14-19(24)21-16-6-4-5-15(20)13-16/h2-8,13H,9-12,14H2,1H3,(H,21,24). The molecule has 1 aliphatic heterocycles. The first-order valence-electron chi connectivity index (χ1n) is 8.31. The molecule has 0 unspecified atom stereocenters.